The Balaban J connectivity index is 1.28. The summed E-state index contributed by atoms with van der Waals surface area (Å²) in [5, 5.41) is 5.29. The molecule has 1 unspecified atom stereocenters. The van der Waals surface area contributed by atoms with E-state index in [4.69, 9.17) is 24.2 Å². The van der Waals surface area contributed by atoms with Gasteiger partial charge in [-0.05, 0) is 82.8 Å². The quantitative estimate of drug-likeness (QED) is 0.331. The second-order valence-electron chi connectivity index (χ2n) is 18.6. The van der Waals surface area contributed by atoms with Crippen molar-refractivity contribution in [2.24, 2.45) is 23.2 Å². The van der Waals surface area contributed by atoms with Crippen LogP contribution in [0.15, 0.2) is 18.2 Å². The third-order valence-electron chi connectivity index (χ3n) is 13.2. The molecule has 3 saturated carbocycles. The van der Waals surface area contributed by atoms with Crippen molar-refractivity contribution in [3.63, 3.8) is 0 Å². The molecule has 1 aromatic heterocycles. The number of rotatable bonds is 8. The second kappa shape index (κ2) is 15.3. The molecule has 2 bridgehead atoms. The highest BCUT2D eigenvalue weighted by molar-refractivity contribution is 7.91. The van der Waals surface area contributed by atoms with Gasteiger partial charge in [-0.2, -0.15) is 0 Å². The van der Waals surface area contributed by atoms with E-state index in [0.717, 1.165) is 25.7 Å². The van der Waals surface area contributed by atoms with Gasteiger partial charge >= 0.3 is 6.09 Å². The average Bonchev–Trinajstić information content (AvgIpc) is 4.12. The third-order valence-corrected chi connectivity index (χ3v) is 15.4. The third kappa shape index (κ3) is 8.26. The molecular formula is C41H56F2N6O9S. The fraction of sp³-hybridized carbons (Fsp3) is 0.707. The van der Waals surface area contributed by atoms with Crippen LogP contribution in [0.3, 0.4) is 0 Å². The van der Waals surface area contributed by atoms with Crippen molar-refractivity contribution in [3.8, 4) is 11.6 Å². The van der Waals surface area contributed by atoms with Crippen molar-refractivity contribution in [1.82, 2.24) is 30.2 Å². The Bertz CT molecular complexity index is 2130. The van der Waals surface area contributed by atoms with Crippen molar-refractivity contribution in [1.29, 1.82) is 0 Å². The molecule has 4 amide bonds. The highest BCUT2D eigenvalue weighted by Crippen LogP contribution is 2.51. The number of methoxy groups -OCH3 is 1. The second-order valence-corrected chi connectivity index (χ2v) is 20.8. The molecule has 2 aliphatic heterocycles. The number of carbonyl (C=O) groups is 4. The number of amides is 4. The van der Waals surface area contributed by atoms with Crippen LogP contribution >= 0.6 is 0 Å². The number of fused-ring (bicyclic) bond motifs is 5. The minimum Gasteiger partial charge on any atom is -0.497 e. The lowest BCUT2D eigenvalue weighted by molar-refractivity contribution is -0.144. The first-order chi connectivity index (χ1) is 27.6. The van der Waals surface area contributed by atoms with E-state index < -0.39 is 98.0 Å². The van der Waals surface area contributed by atoms with Gasteiger partial charge in [0.05, 0.1) is 35.4 Å². The maximum atomic E-state index is 14.9. The number of benzene rings is 1. The number of alkyl halides is 2. The smallest absolute Gasteiger partial charge is 0.408 e. The Kier molecular flexibility index (Phi) is 11.1. The molecule has 3 N–H and O–H groups in total. The van der Waals surface area contributed by atoms with E-state index in [1.807, 2.05) is 11.6 Å². The van der Waals surface area contributed by atoms with E-state index in [1.165, 1.54) is 18.9 Å². The van der Waals surface area contributed by atoms with E-state index in [0.29, 0.717) is 48.2 Å². The van der Waals surface area contributed by atoms with Crippen LogP contribution in [0.4, 0.5) is 13.6 Å². The Morgan fingerprint density at radius 1 is 1.08 bits per heavy atom. The number of nitrogens with zero attached hydrogens (tertiary/aromatic N) is 3. The lowest BCUT2D eigenvalue weighted by Gasteiger charge is -2.36. The van der Waals surface area contributed by atoms with E-state index in [1.54, 1.807) is 45.9 Å². The van der Waals surface area contributed by atoms with Gasteiger partial charge in [0.25, 0.3) is 5.91 Å². The number of alkyl carbamates (subject to hydrolysis) is 1. The number of carbonyl (C=O) groups excluding carboxylic acids is 4. The summed E-state index contributed by atoms with van der Waals surface area (Å²) in [4.78, 5) is 67.9. The number of aryl methyl sites for hydroxylation is 1. The van der Waals surface area contributed by atoms with Crippen LogP contribution in [-0.4, -0.2) is 101 Å². The molecule has 8 atom stereocenters. The number of ether oxygens (including phenoxy) is 3. The maximum absolute atomic E-state index is 14.9. The Labute approximate surface area is 343 Å². The van der Waals surface area contributed by atoms with Crippen LogP contribution in [0.5, 0.6) is 11.6 Å². The van der Waals surface area contributed by atoms with Crippen LogP contribution in [0.1, 0.15) is 105 Å². The van der Waals surface area contributed by atoms with Crippen LogP contribution in [0.25, 0.3) is 11.0 Å². The molecule has 15 nitrogen and oxygen atoms in total. The molecule has 1 saturated heterocycles. The standard InChI is InChI=1S/C41H56F2N6O9S/c1-8-24-29-21-49(30(24)33(50)47-41(20-25(41)32(42)43)36(52)48-59(54,55)39(5)16-17-39)35(51)31(38(2,3)4)46-37(53)58-40(6)19-22(40)12-10-9-11-13-27-34(57-29)45-28-18-23(56-7)14-15-26(28)44-27/h14-15,18,22,24-25,29-32H,8-13,16-17,19-21H2,1-7H3,(H,46,53)(H,47,50)(H,48,52)/t22-,24+,25?,29-,30-,31+,40-,41+/m0/s1. The number of sulfonamides is 1. The van der Waals surface area contributed by atoms with E-state index in [-0.39, 0.29) is 24.8 Å². The van der Waals surface area contributed by atoms with Gasteiger partial charge in [0.2, 0.25) is 34.1 Å². The predicted molar refractivity (Wildman–Crippen MR) is 211 cm³/mol. The Morgan fingerprint density at radius 3 is 2.44 bits per heavy atom. The summed E-state index contributed by atoms with van der Waals surface area (Å²) in [7, 11) is -2.71. The van der Waals surface area contributed by atoms with Crippen molar-refractivity contribution in [2.45, 2.75) is 146 Å². The van der Waals surface area contributed by atoms with Gasteiger partial charge in [0.15, 0.2) is 0 Å². The van der Waals surface area contributed by atoms with Crippen molar-refractivity contribution in [3.05, 3.63) is 23.9 Å². The topological polar surface area (TPSA) is 195 Å². The molecule has 3 heterocycles. The fourth-order valence-corrected chi connectivity index (χ4v) is 10.1. The molecule has 0 spiro atoms. The highest BCUT2D eigenvalue weighted by atomic mass is 32.2. The fourth-order valence-electron chi connectivity index (χ4n) is 8.76. The number of hydrogen-bond acceptors (Lipinski definition) is 11. The lowest BCUT2D eigenvalue weighted by atomic mass is 9.85. The number of aromatic nitrogens is 2. The molecule has 3 aliphatic carbocycles. The monoisotopic (exact) mass is 846 g/mol. The molecule has 1 aromatic carbocycles. The molecule has 5 aliphatic rings. The summed E-state index contributed by atoms with van der Waals surface area (Å²) < 4.78 is 73.8. The number of nitrogens with one attached hydrogen (secondary N) is 3. The van der Waals surface area contributed by atoms with Crippen LogP contribution in [0, 0.1) is 23.2 Å². The minimum absolute atomic E-state index is 0.147. The van der Waals surface area contributed by atoms with Gasteiger partial charge in [-0.15, -0.1) is 0 Å². The average molecular weight is 847 g/mol. The van der Waals surface area contributed by atoms with Gasteiger partial charge < -0.3 is 29.7 Å². The van der Waals surface area contributed by atoms with Crippen molar-refractivity contribution >= 4 is 44.9 Å². The largest absolute Gasteiger partial charge is 0.497 e. The van der Waals surface area contributed by atoms with Gasteiger partial charge in [0, 0.05) is 17.9 Å². The zero-order valence-corrected chi connectivity index (χ0v) is 35.5. The van der Waals surface area contributed by atoms with Crippen molar-refractivity contribution in [2.75, 3.05) is 13.7 Å². The SMILES string of the molecule is CC[C@@H]1[C@@H]2CN(C(=O)[C@H](C(C)(C)C)NC(=O)O[C@@]3(C)C[C@@H]3CCCCCc3nc4ccc(OC)cc4nc3O2)[C@@H]1C(=O)N[C@]1(C(=O)NS(=O)(=O)C2(C)CC2)CC1C(F)F. The molecule has 59 heavy (non-hydrogen) atoms. The zero-order chi connectivity index (χ0) is 42.9. The molecule has 18 heteroatoms. The van der Waals surface area contributed by atoms with Gasteiger partial charge in [-0.1, -0.05) is 40.5 Å². The Morgan fingerprint density at radius 2 is 1.81 bits per heavy atom. The molecular weight excluding hydrogens is 791 g/mol. The lowest BCUT2D eigenvalue weighted by Crippen LogP contribution is -2.61. The minimum atomic E-state index is -4.25. The summed E-state index contributed by atoms with van der Waals surface area (Å²) in [5.74, 6) is -4.39. The summed E-state index contributed by atoms with van der Waals surface area (Å²) in [5.41, 5.74) is -2.16. The van der Waals surface area contributed by atoms with E-state index >= 15 is 0 Å². The Hall–Kier alpha value is -4.35. The number of halogens is 2. The first-order valence-corrected chi connectivity index (χ1v) is 22.1. The highest BCUT2D eigenvalue weighted by Gasteiger charge is 2.68. The maximum Gasteiger partial charge on any atom is 0.408 e. The predicted octanol–water partition coefficient (Wildman–Crippen LogP) is 4.80. The van der Waals surface area contributed by atoms with E-state index in [9.17, 15) is 36.4 Å². The molecule has 4 fully saturated rings. The molecule has 2 aromatic rings. The van der Waals surface area contributed by atoms with Crippen LogP contribution in [0.2, 0.25) is 0 Å². The first-order valence-electron chi connectivity index (χ1n) is 20.6. The normalized spacial score (nSPS) is 32.0. The summed E-state index contributed by atoms with van der Waals surface area (Å²) in [6.45, 7) is 10.2. The van der Waals surface area contributed by atoms with Gasteiger partial charge in [0.1, 0.15) is 40.8 Å². The number of hydrogen-bond donors (Lipinski definition) is 3. The molecule has 7 rings (SSSR count). The molecule has 0 radical (unpaired) electrons. The molecule has 324 valence electrons. The van der Waals surface area contributed by atoms with Gasteiger partial charge in [-0.25, -0.2) is 32.0 Å². The summed E-state index contributed by atoms with van der Waals surface area (Å²) in [6, 6.07) is 2.70. The van der Waals surface area contributed by atoms with Crippen LogP contribution < -0.4 is 24.8 Å². The summed E-state index contributed by atoms with van der Waals surface area (Å²) >= 11 is 0. The summed E-state index contributed by atoms with van der Waals surface area (Å²) in [6.07, 6.45) is 0.142. The van der Waals surface area contributed by atoms with Crippen molar-refractivity contribution < 1.29 is 50.6 Å². The van der Waals surface area contributed by atoms with E-state index in [2.05, 4.69) is 10.6 Å². The first kappa shape index (κ1) is 42.8. The zero-order valence-electron chi connectivity index (χ0n) is 34.7. The van der Waals surface area contributed by atoms with Crippen LogP contribution in [-0.2, 0) is 35.6 Å². The van der Waals surface area contributed by atoms with Gasteiger partial charge in [-0.3, -0.25) is 19.1 Å².